The Balaban J connectivity index is 1.95. The maximum absolute atomic E-state index is 14.3. The zero-order valence-electron chi connectivity index (χ0n) is 18.8. The molecule has 0 spiro atoms. The lowest BCUT2D eigenvalue weighted by molar-refractivity contribution is -0.112. The first-order chi connectivity index (χ1) is 16.7. The average Bonchev–Trinajstić information content (AvgIpc) is 2.80. The number of hydrogen-bond donors (Lipinski definition) is 1. The van der Waals surface area contributed by atoms with Gasteiger partial charge in [-0.15, -0.1) is 23.5 Å². The van der Waals surface area contributed by atoms with Gasteiger partial charge < -0.3 is 5.32 Å². The molecule has 0 heterocycles. The van der Waals surface area contributed by atoms with E-state index in [0.717, 1.165) is 34.7 Å². The lowest BCUT2D eigenvalue weighted by atomic mass is 10.1. The van der Waals surface area contributed by atoms with Crippen LogP contribution in [0.3, 0.4) is 0 Å². The van der Waals surface area contributed by atoms with Crippen molar-refractivity contribution in [3.63, 3.8) is 0 Å². The van der Waals surface area contributed by atoms with Crippen LogP contribution >= 0.6 is 46.7 Å². The first-order valence-corrected chi connectivity index (χ1v) is 13.1. The van der Waals surface area contributed by atoms with Crippen molar-refractivity contribution in [1.82, 2.24) is 0 Å². The first kappa shape index (κ1) is 27.1. The summed E-state index contributed by atoms with van der Waals surface area (Å²) in [7, 11) is 0. The normalized spacial score (nSPS) is 10.5. The van der Waals surface area contributed by atoms with Crippen molar-refractivity contribution < 1.29 is 13.6 Å². The predicted octanol–water partition coefficient (Wildman–Crippen LogP) is 8.43. The SMILES string of the molecule is Cc1ccc(C)c(NC(=O)C(C#N)=C(SCc2c(F)cccc2Cl)SCc2c(F)cccc2Cl)c1. The monoisotopic (exact) mass is 548 g/mol. The molecule has 35 heavy (non-hydrogen) atoms. The Morgan fingerprint density at radius 2 is 1.49 bits per heavy atom. The fourth-order valence-electron chi connectivity index (χ4n) is 3.05. The van der Waals surface area contributed by atoms with Gasteiger partial charge in [0.15, 0.2) is 0 Å². The average molecular weight is 549 g/mol. The van der Waals surface area contributed by atoms with Crippen LogP contribution in [-0.2, 0) is 16.3 Å². The summed E-state index contributed by atoms with van der Waals surface area (Å²) < 4.78 is 29.0. The van der Waals surface area contributed by atoms with Gasteiger partial charge in [0.05, 0.1) is 4.24 Å². The molecule has 0 aromatic heterocycles. The van der Waals surface area contributed by atoms with Gasteiger partial charge in [-0.3, -0.25) is 4.79 Å². The molecule has 0 aliphatic rings. The summed E-state index contributed by atoms with van der Waals surface area (Å²) in [6.45, 7) is 3.74. The molecule has 3 aromatic rings. The number of rotatable bonds is 8. The van der Waals surface area contributed by atoms with Crippen LogP contribution in [0.1, 0.15) is 22.3 Å². The number of thioether (sulfide) groups is 2. The molecule has 3 nitrogen and oxygen atoms in total. The summed E-state index contributed by atoms with van der Waals surface area (Å²) in [6, 6.07) is 16.2. The maximum Gasteiger partial charge on any atom is 0.268 e. The molecule has 0 saturated carbocycles. The van der Waals surface area contributed by atoms with Crippen LogP contribution in [0, 0.1) is 36.8 Å². The second-order valence-corrected chi connectivity index (χ2v) is 10.6. The lowest BCUT2D eigenvalue weighted by Gasteiger charge is -2.14. The highest BCUT2D eigenvalue weighted by Crippen LogP contribution is 2.39. The second kappa shape index (κ2) is 12.5. The van der Waals surface area contributed by atoms with Crippen molar-refractivity contribution in [2.45, 2.75) is 25.4 Å². The third-order valence-corrected chi connectivity index (χ3v) is 8.22. The van der Waals surface area contributed by atoms with Crippen molar-refractivity contribution in [2.24, 2.45) is 0 Å². The van der Waals surface area contributed by atoms with Gasteiger partial charge in [-0.1, -0.05) is 47.5 Å². The minimum absolute atomic E-state index is 0.0702. The van der Waals surface area contributed by atoms with Crippen molar-refractivity contribution >= 4 is 58.3 Å². The molecule has 0 aliphatic carbocycles. The number of nitrogens with zero attached hydrogens (tertiary/aromatic N) is 1. The molecule has 0 bridgehead atoms. The smallest absolute Gasteiger partial charge is 0.268 e. The predicted molar refractivity (Wildman–Crippen MR) is 143 cm³/mol. The summed E-state index contributed by atoms with van der Waals surface area (Å²) in [5.41, 5.74) is 2.68. The number of halogens is 4. The highest BCUT2D eigenvalue weighted by atomic mass is 35.5. The third kappa shape index (κ3) is 7.02. The summed E-state index contributed by atoms with van der Waals surface area (Å²) in [5, 5.41) is 13.1. The largest absolute Gasteiger partial charge is 0.321 e. The van der Waals surface area contributed by atoms with E-state index in [-0.39, 0.29) is 38.3 Å². The first-order valence-electron chi connectivity index (χ1n) is 10.4. The number of nitrogens with one attached hydrogen (secondary N) is 1. The van der Waals surface area contributed by atoms with E-state index in [1.165, 1.54) is 24.3 Å². The van der Waals surface area contributed by atoms with Crippen molar-refractivity contribution in [3.05, 3.63) is 108 Å². The number of hydrogen-bond acceptors (Lipinski definition) is 4. The van der Waals surface area contributed by atoms with Crippen molar-refractivity contribution in [2.75, 3.05) is 5.32 Å². The lowest BCUT2D eigenvalue weighted by Crippen LogP contribution is -2.15. The molecular weight excluding hydrogens is 529 g/mol. The highest BCUT2D eigenvalue weighted by Gasteiger charge is 2.20. The van der Waals surface area contributed by atoms with E-state index in [4.69, 9.17) is 23.2 Å². The van der Waals surface area contributed by atoms with E-state index in [1.807, 2.05) is 32.0 Å². The third-order valence-electron chi connectivity index (χ3n) is 5.00. The van der Waals surface area contributed by atoms with Crippen LogP contribution in [0.15, 0.2) is 64.4 Å². The molecule has 0 aliphatic heterocycles. The van der Waals surface area contributed by atoms with Gasteiger partial charge in [-0.2, -0.15) is 5.26 Å². The van der Waals surface area contributed by atoms with E-state index < -0.39 is 17.5 Å². The molecule has 0 fully saturated rings. The van der Waals surface area contributed by atoms with Crippen LogP contribution in [-0.4, -0.2) is 5.91 Å². The van der Waals surface area contributed by atoms with Gasteiger partial charge >= 0.3 is 0 Å². The number of anilines is 1. The van der Waals surface area contributed by atoms with Crippen molar-refractivity contribution in [3.8, 4) is 6.07 Å². The number of aryl methyl sites for hydroxylation is 2. The molecule has 3 aromatic carbocycles. The Hall–Kier alpha value is -2.50. The fourth-order valence-corrected chi connectivity index (χ4v) is 6.05. The van der Waals surface area contributed by atoms with E-state index >= 15 is 0 Å². The number of benzene rings is 3. The number of carbonyl (C=O) groups excluding carboxylic acids is 1. The summed E-state index contributed by atoms with van der Waals surface area (Å²) in [4.78, 5) is 13.1. The fraction of sp³-hybridized carbons (Fsp3) is 0.154. The molecule has 0 radical (unpaired) electrons. The molecule has 0 unspecified atom stereocenters. The van der Waals surface area contributed by atoms with Gasteiger partial charge in [0, 0.05) is 38.4 Å². The molecule has 3 rings (SSSR count). The van der Waals surface area contributed by atoms with E-state index in [2.05, 4.69) is 5.32 Å². The van der Waals surface area contributed by atoms with Crippen LogP contribution in [0.25, 0.3) is 0 Å². The van der Waals surface area contributed by atoms with E-state index in [0.29, 0.717) is 9.92 Å². The molecule has 180 valence electrons. The van der Waals surface area contributed by atoms with Gasteiger partial charge in [0.1, 0.15) is 23.3 Å². The molecular formula is C26H20Cl2F2N2OS2. The van der Waals surface area contributed by atoms with Crippen molar-refractivity contribution in [1.29, 1.82) is 5.26 Å². The van der Waals surface area contributed by atoms with Crippen LogP contribution < -0.4 is 5.32 Å². The summed E-state index contributed by atoms with van der Waals surface area (Å²) in [6.07, 6.45) is 0. The second-order valence-electron chi connectivity index (χ2n) is 7.52. The topological polar surface area (TPSA) is 52.9 Å². The zero-order chi connectivity index (χ0) is 25.5. The van der Waals surface area contributed by atoms with Crippen LogP contribution in [0.4, 0.5) is 14.5 Å². The number of nitriles is 1. The molecule has 9 heteroatoms. The van der Waals surface area contributed by atoms with Gasteiger partial charge in [-0.05, 0) is 55.3 Å². The Kier molecular flexibility index (Phi) is 9.64. The van der Waals surface area contributed by atoms with Crippen LogP contribution in [0.5, 0.6) is 0 Å². The molecule has 0 atom stereocenters. The zero-order valence-corrected chi connectivity index (χ0v) is 21.9. The minimum Gasteiger partial charge on any atom is -0.321 e. The quantitative estimate of drug-likeness (QED) is 0.226. The standard InChI is InChI=1S/C26H20Cl2F2N2OS2/c1-15-9-10-16(2)24(11-15)32-25(33)17(12-31)26(34-13-18-20(27)5-3-7-22(18)29)35-14-19-21(28)6-4-8-23(19)30/h3-11H,13-14H2,1-2H3,(H,32,33). The Morgan fingerprint density at radius 3 is 1.97 bits per heavy atom. The maximum atomic E-state index is 14.3. The Bertz CT molecular complexity index is 1240. The van der Waals surface area contributed by atoms with E-state index in [9.17, 15) is 18.8 Å². The molecule has 1 amide bonds. The minimum atomic E-state index is -0.615. The number of carbonyl (C=O) groups is 1. The van der Waals surface area contributed by atoms with E-state index in [1.54, 1.807) is 18.2 Å². The van der Waals surface area contributed by atoms with Gasteiger partial charge in [0.2, 0.25) is 0 Å². The number of amides is 1. The van der Waals surface area contributed by atoms with Gasteiger partial charge in [-0.25, -0.2) is 8.78 Å². The molecule has 0 saturated heterocycles. The highest BCUT2D eigenvalue weighted by molar-refractivity contribution is 8.21. The summed E-state index contributed by atoms with van der Waals surface area (Å²) in [5.74, 6) is -1.47. The summed E-state index contributed by atoms with van der Waals surface area (Å²) >= 11 is 14.5. The van der Waals surface area contributed by atoms with Gasteiger partial charge in [0.25, 0.3) is 5.91 Å². The Morgan fingerprint density at radius 1 is 0.943 bits per heavy atom. The Labute approximate surface area is 221 Å². The van der Waals surface area contributed by atoms with Crippen LogP contribution in [0.2, 0.25) is 10.0 Å². The molecule has 1 N–H and O–H groups in total.